The molecule has 1 aliphatic heterocycles. The van der Waals surface area contributed by atoms with Gasteiger partial charge < -0.3 is 9.88 Å². The van der Waals surface area contributed by atoms with E-state index >= 15 is 0 Å². The van der Waals surface area contributed by atoms with Crippen LogP contribution in [-0.2, 0) is 20.0 Å². The van der Waals surface area contributed by atoms with E-state index in [1.165, 1.54) is 16.8 Å². The molecule has 4 rings (SSSR count). The number of hydrogen-bond acceptors (Lipinski definition) is 4. The Hall–Kier alpha value is -2.63. The van der Waals surface area contributed by atoms with Crippen molar-refractivity contribution in [2.75, 3.05) is 11.4 Å². The van der Waals surface area contributed by atoms with E-state index in [1.807, 2.05) is 0 Å². The first-order chi connectivity index (χ1) is 11.1. The van der Waals surface area contributed by atoms with E-state index < -0.39 is 0 Å². The molecule has 118 valence electrons. The molecule has 0 saturated heterocycles. The predicted octanol–water partition coefficient (Wildman–Crippen LogP) is 1.92. The first-order valence-electron chi connectivity index (χ1n) is 7.87. The van der Waals surface area contributed by atoms with Crippen LogP contribution in [0.2, 0.25) is 0 Å². The molecule has 1 aromatic carbocycles. The van der Waals surface area contributed by atoms with Gasteiger partial charge in [-0.1, -0.05) is 17.7 Å². The van der Waals surface area contributed by atoms with Crippen LogP contribution in [-0.4, -0.2) is 26.3 Å². The van der Waals surface area contributed by atoms with Crippen molar-refractivity contribution in [1.29, 1.82) is 0 Å². The lowest BCUT2D eigenvalue weighted by atomic mass is 9.99. The van der Waals surface area contributed by atoms with Gasteiger partial charge in [-0.2, -0.15) is 5.10 Å². The maximum absolute atomic E-state index is 12.2. The topological polar surface area (TPSA) is 66.8 Å². The highest BCUT2D eigenvalue weighted by Gasteiger charge is 2.18. The summed E-state index contributed by atoms with van der Waals surface area (Å²) in [5.41, 5.74) is 4.41. The fraction of sp³-hybridized carbons (Fsp3) is 0.353. The Morgan fingerprint density at radius 2 is 2.22 bits per heavy atom. The summed E-state index contributed by atoms with van der Waals surface area (Å²) in [5, 5.41) is 4.64. The van der Waals surface area contributed by atoms with Gasteiger partial charge in [-0.25, -0.2) is 4.98 Å². The van der Waals surface area contributed by atoms with Crippen LogP contribution in [0.1, 0.15) is 23.4 Å². The second-order valence-electron chi connectivity index (χ2n) is 6.18. The SMILES string of the molecule is Cc1ccc2c(c1)CCCN2Cc1nc2c(cnn2C)c(=O)[nH]1. The van der Waals surface area contributed by atoms with Gasteiger partial charge in [0.05, 0.1) is 12.7 Å². The maximum atomic E-state index is 12.2. The van der Waals surface area contributed by atoms with E-state index in [-0.39, 0.29) is 5.56 Å². The minimum atomic E-state index is -0.126. The number of hydrogen-bond donors (Lipinski definition) is 1. The Morgan fingerprint density at radius 3 is 3.09 bits per heavy atom. The molecule has 1 aliphatic rings. The Kier molecular flexibility index (Phi) is 3.18. The summed E-state index contributed by atoms with van der Waals surface area (Å²) in [5.74, 6) is 0.680. The van der Waals surface area contributed by atoms with Crippen molar-refractivity contribution in [3.8, 4) is 0 Å². The fourth-order valence-electron chi connectivity index (χ4n) is 3.30. The van der Waals surface area contributed by atoms with Crippen LogP contribution in [0.15, 0.2) is 29.2 Å². The van der Waals surface area contributed by atoms with Crippen molar-refractivity contribution in [2.24, 2.45) is 7.05 Å². The number of aromatic amines is 1. The molecular weight excluding hydrogens is 290 g/mol. The number of aryl methyl sites for hydroxylation is 3. The average molecular weight is 309 g/mol. The normalized spacial score (nSPS) is 14.3. The third-order valence-electron chi connectivity index (χ3n) is 4.44. The van der Waals surface area contributed by atoms with Crippen LogP contribution in [0.5, 0.6) is 0 Å². The number of aromatic nitrogens is 4. The molecule has 0 bridgehead atoms. The van der Waals surface area contributed by atoms with Crippen molar-refractivity contribution in [3.05, 3.63) is 51.7 Å². The van der Waals surface area contributed by atoms with Gasteiger partial charge >= 0.3 is 0 Å². The van der Waals surface area contributed by atoms with Gasteiger partial charge in [0, 0.05) is 19.3 Å². The highest BCUT2D eigenvalue weighted by molar-refractivity contribution is 5.73. The van der Waals surface area contributed by atoms with Gasteiger partial charge in [0.25, 0.3) is 5.56 Å². The van der Waals surface area contributed by atoms with E-state index in [9.17, 15) is 4.79 Å². The molecule has 0 saturated carbocycles. The molecule has 0 amide bonds. The molecule has 1 N–H and O–H groups in total. The third-order valence-corrected chi connectivity index (χ3v) is 4.44. The van der Waals surface area contributed by atoms with Crippen molar-refractivity contribution in [2.45, 2.75) is 26.3 Å². The van der Waals surface area contributed by atoms with Crippen molar-refractivity contribution in [1.82, 2.24) is 19.7 Å². The first kappa shape index (κ1) is 14.0. The van der Waals surface area contributed by atoms with Gasteiger partial charge in [-0.05, 0) is 31.4 Å². The monoisotopic (exact) mass is 309 g/mol. The van der Waals surface area contributed by atoms with Crippen molar-refractivity contribution >= 4 is 16.7 Å². The molecule has 23 heavy (non-hydrogen) atoms. The number of nitrogens with one attached hydrogen (secondary N) is 1. The van der Waals surface area contributed by atoms with Crippen LogP contribution in [0.25, 0.3) is 11.0 Å². The molecule has 0 fully saturated rings. The molecule has 6 nitrogen and oxygen atoms in total. The van der Waals surface area contributed by atoms with Gasteiger partial charge in [0.1, 0.15) is 11.2 Å². The second kappa shape index (κ2) is 5.22. The molecule has 0 radical (unpaired) electrons. The molecule has 0 spiro atoms. The summed E-state index contributed by atoms with van der Waals surface area (Å²) in [6.45, 7) is 3.70. The van der Waals surface area contributed by atoms with E-state index in [1.54, 1.807) is 17.9 Å². The standard InChI is InChI=1S/C17H19N5O/c1-11-5-6-14-12(8-11)4-3-7-22(14)10-15-19-16-13(17(23)20-15)9-18-21(16)2/h5-6,8-9H,3-4,7,10H2,1-2H3,(H,19,20,23). The Bertz CT molecular complexity index is 940. The van der Waals surface area contributed by atoms with E-state index in [4.69, 9.17) is 0 Å². The summed E-state index contributed by atoms with van der Waals surface area (Å²) >= 11 is 0. The molecule has 3 aromatic rings. The summed E-state index contributed by atoms with van der Waals surface area (Å²) in [6.07, 6.45) is 3.79. The number of H-pyrrole nitrogens is 1. The van der Waals surface area contributed by atoms with Crippen LogP contribution >= 0.6 is 0 Å². The van der Waals surface area contributed by atoms with E-state index in [2.05, 4.69) is 45.1 Å². The minimum Gasteiger partial charge on any atom is -0.364 e. The predicted molar refractivity (Wildman–Crippen MR) is 89.7 cm³/mol. The van der Waals surface area contributed by atoms with Gasteiger partial charge in [0.2, 0.25) is 0 Å². The molecule has 0 aliphatic carbocycles. The molecule has 3 heterocycles. The number of fused-ring (bicyclic) bond motifs is 2. The number of benzene rings is 1. The number of anilines is 1. The van der Waals surface area contributed by atoms with Crippen molar-refractivity contribution < 1.29 is 0 Å². The lowest BCUT2D eigenvalue weighted by Crippen LogP contribution is -2.30. The maximum Gasteiger partial charge on any atom is 0.262 e. The molecular formula is C17H19N5O. The Balaban J connectivity index is 1.72. The largest absolute Gasteiger partial charge is 0.364 e. The van der Waals surface area contributed by atoms with Crippen LogP contribution in [0, 0.1) is 6.92 Å². The summed E-state index contributed by atoms with van der Waals surface area (Å²) in [4.78, 5) is 21.9. The van der Waals surface area contributed by atoms with Gasteiger partial charge in [-0.3, -0.25) is 9.48 Å². The average Bonchev–Trinajstić information content (AvgIpc) is 2.89. The van der Waals surface area contributed by atoms with E-state index in [0.29, 0.717) is 23.4 Å². The van der Waals surface area contributed by atoms with Crippen LogP contribution < -0.4 is 10.5 Å². The number of nitrogens with zero attached hydrogens (tertiary/aromatic N) is 4. The summed E-state index contributed by atoms with van der Waals surface area (Å²) < 4.78 is 1.64. The summed E-state index contributed by atoms with van der Waals surface area (Å²) in [7, 11) is 1.80. The molecule has 0 unspecified atom stereocenters. The molecule has 6 heteroatoms. The lowest BCUT2D eigenvalue weighted by Gasteiger charge is -2.31. The van der Waals surface area contributed by atoms with E-state index in [0.717, 1.165) is 19.4 Å². The molecule has 2 aromatic heterocycles. The smallest absolute Gasteiger partial charge is 0.262 e. The summed E-state index contributed by atoms with van der Waals surface area (Å²) in [6, 6.07) is 6.56. The Morgan fingerprint density at radius 1 is 1.35 bits per heavy atom. The zero-order valence-electron chi connectivity index (χ0n) is 13.3. The fourth-order valence-corrected chi connectivity index (χ4v) is 3.30. The van der Waals surface area contributed by atoms with Crippen LogP contribution in [0.4, 0.5) is 5.69 Å². The van der Waals surface area contributed by atoms with Gasteiger partial charge in [0.15, 0.2) is 5.65 Å². The lowest BCUT2D eigenvalue weighted by molar-refractivity contribution is 0.671. The molecule has 0 atom stereocenters. The highest BCUT2D eigenvalue weighted by Crippen LogP contribution is 2.28. The van der Waals surface area contributed by atoms with Crippen molar-refractivity contribution in [3.63, 3.8) is 0 Å². The minimum absolute atomic E-state index is 0.126. The quantitative estimate of drug-likeness (QED) is 0.785. The second-order valence-corrected chi connectivity index (χ2v) is 6.18. The van der Waals surface area contributed by atoms with Gasteiger partial charge in [-0.15, -0.1) is 0 Å². The highest BCUT2D eigenvalue weighted by atomic mass is 16.1. The number of rotatable bonds is 2. The van der Waals surface area contributed by atoms with Crippen LogP contribution in [0.3, 0.4) is 0 Å². The third kappa shape index (κ3) is 2.40. The Labute approximate surface area is 133 Å². The zero-order valence-corrected chi connectivity index (χ0v) is 13.3. The first-order valence-corrected chi connectivity index (χ1v) is 7.87. The zero-order chi connectivity index (χ0) is 16.0.